The number of methoxy groups -OCH3 is 1. The second-order valence-electron chi connectivity index (χ2n) is 12.6. The standard InChI is InChI=1S/C29H36N10O14P2/c1-13-4-3-5-14(6-13)7-31-23-17-24(33-10-32-23)38(11-34-17)28-22(48-2)21(16(52-28)9-49-54(43,44)45)53-55(46,47)50-8-15-19(40)20(41)27(51-15)39-12-35-18-25(39)36-29(30)37-26(18)42/h3-6,10-12,15-16,19-22,27-28,40-41H,7-9H2,1-2H3,(H,46,47)(H,31,32,33)(H2,43,44,45)(H3,30,36,37,42). The second kappa shape index (κ2) is 15.3. The summed E-state index contributed by atoms with van der Waals surface area (Å²) in [7, 11) is -8.98. The van der Waals surface area contributed by atoms with E-state index in [-0.39, 0.29) is 22.8 Å². The number of phosphoric acid groups is 2. The number of benzene rings is 1. The van der Waals surface area contributed by atoms with Gasteiger partial charge in [0.25, 0.3) is 5.56 Å². The van der Waals surface area contributed by atoms with Crippen molar-refractivity contribution >= 4 is 49.7 Å². The van der Waals surface area contributed by atoms with Crippen LogP contribution in [0.4, 0.5) is 11.8 Å². The fourth-order valence-corrected chi connectivity index (χ4v) is 7.67. The Morgan fingerprint density at radius 1 is 0.927 bits per heavy atom. The molecule has 55 heavy (non-hydrogen) atoms. The third-order valence-corrected chi connectivity index (χ3v) is 10.3. The zero-order valence-electron chi connectivity index (χ0n) is 28.8. The van der Waals surface area contributed by atoms with Gasteiger partial charge in [0, 0.05) is 13.7 Å². The van der Waals surface area contributed by atoms with E-state index in [9.17, 15) is 38.8 Å². The van der Waals surface area contributed by atoms with Crippen molar-refractivity contribution in [2.45, 2.75) is 62.5 Å². The number of aryl methyl sites for hydroxylation is 1. The molecule has 0 radical (unpaired) electrons. The van der Waals surface area contributed by atoms with Crippen LogP contribution in [0, 0.1) is 6.92 Å². The second-order valence-corrected chi connectivity index (χ2v) is 15.2. The summed E-state index contributed by atoms with van der Waals surface area (Å²) in [6.45, 7) is 0.751. The minimum Gasteiger partial charge on any atom is -0.387 e. The quantitative estimate of drug-likeness (QED) is 0.0662. The van der Waals surface area contributed by atoms with E-state index in [1.54, 1.807) is 0 Å². The Kier molecular flexibility index (Phi) is 10.9. The highest BCUT2D eigenvalue weighted by Gasteiger charge is 2.52. The summed E-state index contributed by atoms with van der Waals surface area (Å²) in [6, 6.07) is 7.85. The minimum atomic E-state index is -5.16. The minimum absolute atomic E-state index is 0.0629. The van der Waals surface area contributed by atoms with Gasteiger partial charge >= 0.3 is 15.6 Å². The number of imidazole rings is 2. The molecule has 6 heterocycles. The number of nitrogens with zero attached hydrogens (tertiary/aromatic N) is 7. The summed E-state index contributed by atoms with van der Waals surface area (Å²) < 4.78 is 60.4. The first kappa shape index (κ1) is 39.0. The molecule has 26 heteroatoms. The number of nitrogen functional groups attached to an aromatic ring is 1. The fraction of sp³-hybridized carbons (Fsp3) is 0.448. The monoisotopic (exact) mass is 810 g/mol. The number of aromatic amines is 1. The predicted molar refractivity (Wildman–Crippen MR) is 186 cm³/mol. The molecule has 2 saturated heterocycles. The number of aliphatic hydroxyl groups excluding tert-OH is 2. The van der Waals surface area contributed by atoms with Crippen LogP contribution in [0.1, 0.15) is 23.6 Å². The van der Waals surface area contributed by atoms with Crippen molar-refractivity contribution < 1.29 is 61.8 Å². The van der Waals surface area contributed by atoms with E-state index < -0.39 is 83.5 Å². The molecule has 0 amide bonds. The van der Waals surface area contributed by atoms with Crippen LogP contribution in [0.5, 0.6) is 0 Å². The molecule has 0 aliphatic carbocycles. The molecule has 9 N–H and O–H groups in total. The highest BCUT2D eigenvalue weighted by atomic mass is 31.2. The number of aliphatic hydroxyl groups is 2. The van der Waals surface area contributed by atoms with Gasteiger partial charge in [0.2, 0.25) is 5.95 Å². The molecule has 0 saturated carbocycles. The third-order valence-electron chi connectivity index (χ3n) is 8.86. The maximum Gasteiger partial charge on any atom is 0.472 e. The van der Waals surface area contributed by atoms with Gasteiger partial charge in [-0.25, -0.2) is 29.1 Å². The summed E-state index contributed by atoms with van der Waals surface area (Å²) >= 11 is 0. The lowest BCUT2D eigenvalue weighted by Crippen LogP contribution is -2.38. The summed E-state index contributed by atoms with van der Waals surface area (Å²) in [5.41, 5.74) is 7.45. The summed E-state index contributed by atoms with van der Waals surface area (Å²) in [6.07, 6.45) is -7.82. The van der Waals surface area contributed by atoms with Crippen molar-refractivity contribution in [2.75, 3.05) is 31.4 Å². The maximum absolute atomic E-state index is 13.4. The van der Waals surface area contributed by atoms with E-state index in [0.717, 1.165) is 22.0 Å². The molecule has 4 aromatic heterocycles. The summed E-state index contributed by atoms with van der Waals surface area (Å²) in [5, 5.41) is 24.7. The number of nitrogens with one attached hydrogen (secondary N) is 2. The van der Waals surface area contributed by atoms with E-state index >= 15 is 0 Å². The number of H-pyrrole nitrogens is 1. The lowest BCUT2D eigenvalue weighted by Gasteiger charge is -2.26. The van der Waals surface area contributed by atoms with Gasteiger partial charge in [-0.05, 0) is 12.5 Å². The normalized spacial score (nSPS) is 26.9. The number of rotatable bonds is 14. The number of anilines is 2. The molecule has 7 rings (SSSR count). The molecular weight excluding hydrogens is 774 g/mol. The summed E-state index contributed by atoms with van der Waals surface area (Å²) in [4.78, 5) is 65.2. The van der Waals surface area contributed by atoms with Crippen molar-refractivity contribution in [3.05, 3.63) is 64.7 Å². The van der Waals surface area contributed by atoms with Crippen molar-refractivity contribution in [1.29, 1.82) is 0 Å². The molecule has 9 unspecified atom stereocenters. The van der Waals surface area contributed by atoms with Crippen LogP contribution in [0.15, 0.2) is 48.0 Å². The predicted octanol–water partition coefficient (Wildman–Crippen LogP) is -0.395. The summed E-state index contributed by atoms with van der Waals surface area (Å²) in [5.74, 6) is 0.145. The van der Waals surface area contributed by atoms with E-state index in [2.05, 4.69) is 39.7 Å². The Hall–Kier alpha value is -4.26. The Bertz CT molecular complexity index is 2340. The van der Waals surface area contributed by atoms with Crippen LogP contribution >= 0.6 is 15.6 Å². The van der Waals surface area contributed by atoms with E-state index in [1.807, 2.05) is 31.2 Å². The Morgan fingerprint density at radius 2 is 1.64 bits per heavy atom. The van der Waals surface area contributed by atoms with Gasteiger partial charge in [-0.15, -0.1) is 0 Å². The molecule has 2 fully saturated rings. The maximum atomic E-state index is 13.4. The highest BCUT2D eigenvalue weighted by Crippen LogP contribution is 2.50. The number of fused-ring (bicyclic) bond motifs is 2. The number of ether oxygens (including phenoxy) is 3. The topological polar surface area (TPSA) is 336 Å². The highest BCUT2D eigenvalue weighted by molar-refractivity contribution is 7.47. The number of phosphoric ester groups is 2. The van der Waals surface area contributed by atoms with Crippen LogP contribution in [-0.2, 0) is 43.5 Å². The first-order valence-electron chi connectivity index (χ1n) is 16.4. The van der Waals surface area contributed by atoms with E-state index in [1.165, 1.54) is 24.3 Å². The molecular formula is C29H36N10O14P2. The molecule has 2 aliphatic rings. The zero-order valence-corrected chi connectivity index (χ0v) is 30.6. The van der Waals surface area contributed by atoms with Gasteiger partial charge in [-0.3, -0.25) is 32.5 Å². The molecule has 0 spiro atoms. The largest absolute Gasteiger partial charge is 0.472 e. The number of hydrogen-bond donors (Lipinski definition) is 8. The molecule has 9 atom stereocenters. The van der Waals surface area contributed by atoms with Crippen molar-refractivity contribution in [2.24, 2.45) is 0 Å². The molecule has 24 nitrogen and oxygen atoms in total. The Balaban J connectivity index is 1.08. The molecule has 296 valence electrons. The smallest absolute Gasteiger partial charge is 0.387 e. The zero-order chi connectivity index (χ0) is 39.2. The van der Waals surface area contributed by atoms with E-state index in [4.69, 9.17) is 29.0 Å². The van der Waals surface area contributed by atoms with Gasteiger partial charge in [0.15, 0.2) is 40.6 Å². The van der Waals surface area contributed by atoms with Gasteiger partial charge in [-0.1, -0.05) is 29.8 Å². The van der Waals surface area contributed by atoms with Crippen LogP contribution in [0.2, 0.25) is 0 Å². The van der Waals surface area contributed by atoms with Gasteiger partial charge < -0.3 is 50.2 Å². The van der Waals surface area contributed by atoms with Crippen LogP contribution in [-0.4, -0.2) is 121 Å². The van der Waals surface area contributed by atoms with Crippen LogP contribution < -0.4 is 16.6 Å². The molecule has 1 aromatic carbocycles. The fourth-order valence-electron chi connectivity index (χ4n) is 6.37. The lowest BCUT2D eigenvalue weighted by molar-refractivity contribution is -0.0582. The third kappa shape index (κ3) is 8.18. The van der Waals surface area contributed by atoms with E-state index in [0.29, 0.717) is 17.9 Å². The lowest BCUT2D eigenvalue weighted by atomic mass is 10.1. The van der Waals surface area contributed by atoms with Gasteiger partial charge in [0.05, 0.1) is 25.9 Å². The van der Waals surface area contributed by atoms with Gasteiger partial charge in [0.1, 0.15) is 43.0 Å². The van der Waals surface area contributed by atoms with Crippen LogP contribution in [0.3, 0.4) is 0 Å². The first-order valence-corrected chi connectivity index (χ1v) is 19.4. The Labute approximate surface area is 309 Å². The van der Waals surface area contributed by atoms with Crippen molar-refractivity contribution in [3.63, 3.8) is 0 Å². The average Bonchev–Trinajstić information content (AvgIpc) is 3.89. The molecule has 0 bridgehead atoms. The van der Waals surface area contributed by atoms with Crippen molar-refractivity contribution in [1.82, 2.24) is 39.0 Å². The SMILES string of the molecule is COC1C(OP(=O)(O)OCC2OC(n3cnc4c(=O)[nH]c(N)nc43)C(O)C2O)C(COP(=O)(O)O)OC1n1cnc2c(NCc3cccc(C)c3)ncnc21. The molecule has 5 aromatic rings. The first-order chi connectivity index (χ1) is 26.1. The van der Waals surface area contributed by atoms with Crippen molar-refractivity contribution in [3.8, 4) is 0 Å². The Morgan fingerprint density at radius 3 is 2.36 bits per heavy atom. The van der Waals surface area contributed by atoms with Gasteiger partial charge in [-0.2, -0.15) is 4.98 Å². The average molecular weight is 811 g/mol. The molecule has 2 aliphatic heterocycles. The number of hydrogen-bond acceptors (Lipinski definition) is 18. The number of aromatic nitrogens is 8. The number of nitrogens with two attached hydrogens (primary N) is 1. The van der Waals surface area contributed by atoms with Crippen LogP contribution in [0.25, 0.3) is 22.3 Å².